The number of nitrogens with one attached hydrogen (secondary N) is 2. The predicted octanol–water partition coefficient (Wildman–Crippen LogP) is 0.147. The topological polar surface area (TPSA) is 78.4 Å². The van der Waals surface area contributed by atoms with E-state index in [9.17, 15) is 9.59 Å². The Balaban J connectivity index is 2.20. The first kappa shape index (κ1) is 11.6. The lowest BCUT2D eigenvalue weighted by Gasteiger charge is -2.19. The van der Waals surface area contributed by atoms with Crippen molar-refractivity contribution in [2.75, 3.05) is 13.1 Å². The monoisotopic (exact) mass is 234 g/mol. The minimum atomic E-state index is -1.04. The van der Waals surface area contributed by atoms with E-state index in [1.807, 2.05) is 12.1 Å². The molecule has 3 N–H and O–H groups in total. The van der Waals surface area contributed by atoms with Gasteiger partial charge in [0, 0.05) is 12.1 Å². The molecule has 0 saturated carbocycles. The van der Waals surface area contributed by atoms with Gasteiger partial charge in [0.25, 0.3) is 5.91 Å². The van der Waals surface area contributed by atoms with E-state index < -0.39 is 5.97 Å². The first-order chi connectivity index (χ1) is 8.18. The van der Waals surface area contributed by atoms with Crippen LogP contribution in [0.2, 0.25) is 0 Å². The summed E-state index contributed by atoms with van der Waals surface area (Å²) in [5.41, 5.74) is 2.70. The van der Waals surface area contributed by atoms with E-state index >= 15 is 0 Å². The fourth-order valence-electron chi connectivity index (χ4n) is 1.98. The van der Waals surface area contributed by atoms with E-state index in [2.05, 4.69) is 10.6 Å². The molecule has 1 heterocycles. The Morgan fingerprint density at radius 3 is 3.00 bits per heavy atom. The smallest absolute Gasteiger partial charge is 0.322 e. The molecule has 90 valence electrons. The van der Waals surface area contributed by atoms with E-state index in [-0.39, 0.29) is 12.5 Å². The third-order valence-corrected chi connectivity index (χ3v) is 2.79. The van der Waals surface area contributed by atoms with Gasteiger partial charge in [-0.05, 0) is 30.2 Å². The standard InChI is InChI=1S/C12H14N2O3/c15-11(16)7-14-12(17)9-3-1-2-8-4-5-13-6-10(8)9/h1-3,13H,4-7H2,(H,14,17)(H,15,16). The van der Waals surface area contributed by atoms with E-state index in [0.29, 0.717) is 12.1 Å². The minimum absolute atomic E-state index is 0.326. The fourth-order valence-corrected chi connectivity index (χ4v) is 1.98. The highest BCUT2D eigenvalue weighted by atomic mass is 16.4. The van der Waals surface area contributed by atoms with Crippen LogP contribution in [0.25, 0.3) is 0 Å². The van der Waals surface area contributed by atoms with Crippen LogP contribution in [0.4, 0.5) is 0 Å². The number of carboxylic acids is 1. The number of hydrogen-bond donors (Lipinski definition) is 3. The van der Waals surface area contributed by atoms with Crippen LogP contribution in [0.15, 0.2) is 18.2 Å². The first-order valence-corrected chi connectivity index (χ1v) is 5.50. The van der Waals surface area contributed by atoms with Crippen molar-refractivity contribution in [1.29, 1.82) is 0 Å². The zero-order valence-corrected chi connectivity index (χ0v) is 9.32. The molecule has 0 saturated heterocycles. The van der Waals surface area contributed by atoms with Gasteiger partial charge in [0.2, 0.25) is 0 Å². The second kappa shape index (κ2) is 4.97. The molecule has 2 rings (SSSR count). The van der Waals surface area contributed by atoms with Gasteiger partial charge in [-0.15, -0.1) is 0 Å². The second-order valence-electron chi connectivity index (χ2n) is 3.95. The zero-order chi connectivity index (χ0) is 12.3. The average Bonchev–Trinajstić information content (AvgIpc) is 2.35. The number of benzene rings is 1. The minimum Gasteiger partial charge on any atom is -0.480 e. The molecular weight excluding hydrogens is 220 g/mol. The highest BCUT2D eigenvalue weighted by Crippen LogP contribution is 2.18. The number of hydrogen-bond acceptors (Lipinski definition) is 3. The van der Waals surface area contributed by atoms with Crippen LogP contribution in [0.5, 0.6) is 0 Å². The van der Waals surface area contributed by atoms with Crippen molar-refractivity contribution in [1.82, 2.24) is 10.6 Å². The average molecular weight is 234 g/mol. The lowest BCUT2D eigenvalue weighted by atomic mass is 9.95. The molecule has 1 aliphatic rings. The van der Waals surface area contributed by atoms with Crippen molar-refractivity contribution in [3.8, 4) is 0 Å². The van der Waals surface area contributed by atoms with Crippen LogP contribution in [-0.2, 0) is 17.8 Å². The molecule has 1 aromatic carbocycles. The number of carboxylic acid groups (broad SMARTS) is 1. The van der Waals surface area contributed by atoms with Crippen LogP contribution in [0, 0.1) is 0 Å². The van der Waals surface area contributed by atoms with Gasteiger partial charge in [-0.2, -0.15) is 0 Å². The molecule has 5 nitrogen and oxygen atoms in total. The Morgan fingerprint density at radius 2 is 2.24 bits per heavy atom. The van der Waals surface area contributed by atoms with Gasteiger partial charge in [-0.3, -0.25) is 9.59 Å². The summed E-state index contributed by atoms with van der Waals surface area (Å²) < 4.78 is 0. The molecule has 0 unspecified atom stereocenters. The van der Waals surface area contributed by atoms with Gasteiger partial charge >= 0.3 is 5.97 Å². The molecule has 0 spiro atoms. The maximum absolute atomic E-state index is 11.8. The van der Waals surface area contributed by atoms with Crippen molar-refractivity contribution in [3.63, 3.8) is 0 Å². The second-order valence-corrected chi connectivity index (χ2v) is 3.95. The maximum atomic E-state index is 11.8. The number of fused-ring (bicyclic) bond motifs is 1. The lowest BCUT2D eigenvalue weighted by Crippen LogP contribution is -2.32. The molecule has 0 aliphatic carbocycles. The van der Waals surface area contributed by atoms with Crippen LogP contribution in [-0.4, -0.2) is 30.1 Å². The fraction of sp³-hybridized carbons (Fsp3) is 0.333. The molecule has 17 heavy (non-hydrogen) atoms. The molecule has 1 aromatic rings. The molecular formula is C12H14N2O3. The highest BCUT2D eigenvalue weighted by molar-refractivity contribution is 5.97. The van der Waals surface area contributed by atoms with Gasteiger partial charge in [0.15, 0.2) is 0 Å². The van der Waals surface area contributed by atoms with Crippen molar-refractivity contribution >= 4 is 11.9 Å². The van der Waals surface area contributed by atoms with Gasteiger partial charge < -0.3 is 15.7 Å². The molecule has 0 bridgehead atoms. The third kappa shape index (κ3) is 2.62. The van der Waals surface area contributed by atoms with Crippen molar-refractivity contribution in [2.24, 2.45) is 0 Å². The normalized spacial score (nSPS) is 13.9. The van der Waals surface area contributed by atoms with Gasteiger partial charge in [-0.1, -0.05) is 12.1 Å². The molecule has 0 radical (unpaired) electrons. The van der Waals surface area contributed by atoms with Crippen molar-refractivity contribution < 1.29 is 14.7 Å². The van der Waals surface area contributed by atoms with Crippen LogP contribution in [0.3, 0.4) is 0 Å². The quantitative estimate of drug-likeness (QED) is 0.695. The number of aliphatic carboxylic acids is 1. The number of amides is 1. The summed E-state index contributed by atoms with van der Waals surface area (Å²) in [6.45, 7) is 1.22. The lowest BCUT2D eigenvalue weighted by molar-refractivity contribution is -0.135. The SMILES string of the molecule is O=C(O)CNC(=O)c1cccc2c1CNCC2. The summed E-state index contributed by atoms with van der Waals surface area (Å²) in [6, 6.07) is 5.56. The third-order valence-electron chi connectivity index (χ3n) is 2.79. The number of carbonyl (C=O) groups excluding carboxylic acids is 1. The van der Waals surface area contributed by atoms with E-state index in [1.54, 1.807) is 6.07 Å². The summed E-state index contributed by atoms with van der Waals surface area (Å²) >= 11 is 0. The van der Waals surface area contributed by atoms with Crippen molar-refractivity contribution in [2.45, 2.75) is 13.0 Å². The summed E-state index contributed by atoms with van der Waals surface area (Å²) in [7, 11) is 0. The Hall–Kier alpha value is -1.88. The number of carbonyl (C=O) groups is 2. The maximum Gasteiger partial charge on any atom is 0.322 e. The molecule has 5 heteroatoms. The first-order valence-electron chi connectivity index (χ1n) is 5.50. The zero-order valence-electron chi connectivity index (χ0n) is 9.32. The van der Waals surface area contributed by atoms with E-state index in [1.165, 1.54) is 0 Å². The summed E-state index contributed by atoms with van der Waals surface area (Å²) in [4.78, 5) is 22.2. The molecule has 1 amide bonds. The Bertz CT molecular complexity index is 457. The summed E-state index contributed by atoms with van der Waals surface area (Å²) in [5.74, 6) is -1.37. The van der Waals surface area contributed by atoms with Crippen molar-refractivity contribution in [3.05, 3.63) is 34.9 Å². The Labute approximate surface area is 98.8 Å². The van der Waals surface area contributed by atoms with E-state index in [4.69, 9.17) is 5.11 Å². The largest absolute Gasteiger partial charge is 0.480 e. The van der Waals surface area contributed by atoms with E-state index in [0.717, 1.165) is 24.1 Å². The molecule has 0 aromatic heterocycles. The van der Waals surface area contributed by atoms with Crippen LogP contribution >= 0.6 is 0 Å². The predicted molar refractivity (Wildman–Crippen MR) is 61.8 cm³/mol. The molecule has 1 aliphatic heterocycles. The van der Waals surface area contributed by atoms with Gasteiger partial charge in [0.05, 0.1) is 0 Å². The number of rotatable bonds is 3. The highest BCUT2D eigenvalue weighted by Gasteiger charge is 2.17. The Morgan fingerprint density at radius 1 is 1.41 bits per heavy atom. The summed E-state index contributed by atoms with van der Waals surface area (Å²) in [6.07, 6.45) is 0.898. The van der Waals surface area contributed by atoms with Gasteiger partial charge in [0.1, 0.15) is 6.54 Å². The van der Waals surface area contributed by atoms with Crippen LogP contribution < -0.4 is 10.6 Å². The summed E-state index contributed by atoms with van der Waals surface area (Å²) in [5, 5.41) is 14.1. The van der Waals surface area contributed by atoms with Gasteiger partial charge in [-0.25, -0.2) is 0 Å². The van der Waals surface area contributed by atoms with Crippen LogP contribution in [0.1, 0.15) is 21.5 Å². The Kier molecular flexibility index (Phi) is 3.39. The molecule has 0 fully saturated rings. The molecule has 0 atom stereocenters.